The van der Waals surface area contributed by atoms with E-state index in [0.717, 1.165) is 25.7 Å². The van der Waals surface area contributed by atoms with Crippen LogP contribution in [0, 0.1) is 0 Å². The van der Waals surface area contributed by atoms with Gasteiger partial charge in [-0.1, -0.05) is 31.2 Å². The van der Waals surface area contributed by atoms with Gasteiger partial charge in [0.05, 0.1) is 6.04 Å². The topological polar surface area (TPSA) is 41.1 Å². The van der Waals surface area contributed by atoms with Crippen LogP contribution in [0.3, 0.4) is 0 Å². The summed E-state index contributed by atoms with van der Waals surface area (Å²) in [5.41, 5.74) is 2.65. The smallest absolute Gasteiger partial charge is 0.315 e. The summed E-state index contributed by atoms with van der Waals surface area (Å²) in [6.45, 7) is 4.09. The Morgan fingerprint density at radius 2 is 2.22 bits per heavy atom. The number of amides is 2. The van der Waals surface area contributed by atoms with E-state index in [4.69, 9.17) is 0 Å². The first-order valence-electron chi connectivity index (χ1n) is 6.85. The quantitative estimate of drug-likeness (QED) is 0.845. The molecule has 1 aromatic rings. The predicted octanol–water partition coefficient (Wildman–Crippen LogP) is 3.16. The highest BCUT2D eigenvalue weighted by molar-refractivity contribution is 5.74. The summed E-state index contributed by atoms with van der Waals surface area (Å²) in [4.78, 5) is 11.9. The second kappa shape index (κ2) is 5.89. The van der Waals surface area contributed by atoms with E-state index >= 15 is 0 Å². The Hall–Kier alpha value is -1.51. The van der Waals surface area contributed by atoms with E-state index in [-0.39, 0.29) is 18.1 Å². The summed E-state index contributed by atoms with van der Waals surface area (Å²) < 4.78 is 0. The summed E-state index contributed by atoms with van der Waals surface area (Å²) in [6.07, 6.45) is 4.26. The molecule has 98 valence electrons. The molecule has 0 fully saturated rings. The van der Waals surface area contributed by atoms with Crippen molar-refractivity contribution in [2.24, 2.45) is 0 Å². The van der Waals surface area contributed by atoms with Crippen molar-refractivity contribution in [3.63, 3.8) is 0 Å². The maximum atomic E-state index is 11.9. The lowest BCUT2D eigenvalue weighted by Crippen LogP contribution is -2.42. The molecular formula is C15H22N2O. The van der Waals surface area contributed by atoms with E-state index in [2.05, 4.69) is 35.8 Å². The molecule has 2 unspecified atom stereocenters. The van der Waals surface area contributed by atoms with Crippen molar-refractivity contribution in [2.75, 3.05) is 0 Å². The van der Waals surface area contributed by atoms with Crippen LogP contribution < -0.4 is 10.6 Å². The number of rotatable bonds is 3. The standard InChI is InChI=1S/C15H22N2O/c1-3-11(2)16-15(18)17-14-10-6-8-12-7-4-5-9-13(12)14/h4-5,7,9,11,14H,3,6,8,10H2,1-2H3,(H2,16,17,18). The van der Waals surface area contributed by atoms with Crippen molar-refractivity contribution in [1.82, 2.24) is 10.6 Å². The number of fused-ring (bicyclic) bond motifs is 1. The van der Waals surface area contributed by atoms with Crippen molar-refractivity contribution in [2.45, 2.75) is 51.6 Å². The van der Waals surface area contributed by atoms with Crippen LogP contribution in [0.15, 0.2) is 24.3 Å². The molecule has 2 amide bonds. The summed E-state index contributed by atoms with van der Waals surface area (Å²) in [5, 5.41) is 6.05. The molecule has 3 nitrogen and oxygen atoms in total. The van der Waals surface area contributed by atoms with E-state index in [9.17, 15) is 4.79 Å². The SMILES string of the molecule is CCC(C)NC(=O)NC1CCCc2ccccc21. The predicted molar refractivity (Wildman–Crippen MR) is 73.5 cm³/mol. The zero-order valence-corrected chi connectivity index (χ0v) is 11.2. The monoisotopic (exact) mass is 246 g/mol. The number of hydrogen-bond donors (Lipinski definition) is 2. The Balaban J connectivity index is 2.01. The largest absolute Gasteiger partial charge is 0.336 e. The lowest BCUT2D eigenvalue weighted by molar-refractivity contribution is 0.232. The minimum Gasteiger partial charge on any atom is -0.336 e. The van der Waals surface area contributed by atoms with E-state index < -0.39 is 0 Å². The Morgan fingerprint density at radius 3 is 3.00 bits per heavy atom. The third-order valence-corrected chi connectivity index (χ3v) is 3.66. The Morgan fingerprint density at radius 1 is 1.44 bits per heavy atom. The van der Waals surface area contributed by atoms with Gasteiger partial charge in [-0.2, -0.15) is 0 Å². The maximum absolute atomic E-state index is 11.9. The Bertz CT molecular complexity index is 417. The maximum Gasteiger partial charge on any atom is 0.315 e. The van der Waals surface area contributed by atoms with Gasteiger partial charge in [-0.15, -0.1) is 0 Å². The fourth-order valence-corrected chi connectivity index (χ4v) is 2.43. The summed E-state index contributed by atoms with van der Waals surface area (Å²) in [6, 6.07) is 8.75. The van der Waals surface area contributed by atoms with Crippen LogP contribution >= 0.6 is 0 Å². The molecule has 2 rings (SSSR count). The lowest BCUT2D eigenvalue weighted by Gasteiger charge is -2.27. The van der Waals surface area contributed by atoms with Crippen LogP contribution in [0.25, 0.3) is 0 Å². The average molecular weight is 246 g/mol. The molecule has 18 heavy (non-hydrogen) atoms. The molecule has 0 radical (unpaired) electrons. The van der Waals surface area contributed by atoms with E-state index in [1.165, 1.54) is 11.1 Å². The molecule has 2 N–H and O–H groups in total. The molecule has 0 spiro atoms. The number of benzene rings is 1. The third kappa shape index (κ3) is 3.03. The Kier molecular flexibility index (Phi) is 4.24. The number of aryl methyl sites for hydroxylation is 1. The minimum absolute atomic E-state index is 0.0500. The number of carbonyl (C=O) groups is 1. The van der Waals surface area contributed by atoms with Crippen LogP contribution in [-0.2, 0) is 6.42 Å². The number of hydrogen-bond acceptors (Lipinski definition) is 1. The summed E-state index contributed by atoms with van der Waals surface area (Å²) in [5.74, 6) is 0. The Labute approximate surface area is 109 Å². The first-order valence-corrected chi connectivity index (χ1v) is 6.85. The van der Waals surface area contributed by atoms with E-state index in [1.807, 2.05) is 13.0 Å². The van der Waals surface area contributed by atoms with Gasteiger partial charge < -0.3 is 10.6 Å². The molecule has 0 saturated carbocycles. The number of nitrogens with one attached hydrogen (secondary N) is 2. The minimum atomic E-state index is -0.0500. The van der Waals surface area contributed by atoms with Gasteiger partial charge in [-0.3, -0.25) is 0 Å². The van der Waals surface area contributed by atoms with E-state index in [0.29, 0.717) is 0 Å². The first kappa shape index (κ1) is 12.9. The second-order valence-electron chi connectivity index (χ2n) is 5.07. The molecule has 0 heterocycles. The molecule has 1 aliphatic carbocycles. The van der Waals surface area contributed by atoms with Crippen molar-refractivity contribution in [3.05, 3.63) is 35.4 Å². The zero-order valence-electron chi connectivity index (χ0n) is 11.2. The van der Waals surface area contributed by atoms with Gasteiger partial charge in [0.1, 0.15) is 0 Å². The first-order chi connectivity index (χ1) is 8.70. The van der Waals surface area contributed by atoms with Gasteiger partial charge in [0.2, 0.25) is 0 Å². The fraction of sp³-hybridized carbons (Fsp3) is 0.533. The zero-order chi connectivity index (χ0) is 13.0. The van der Waals surface area contributed by atoms with Gasteiger partial charge in [0.25, 0.3) is 0 Å². The highest BCUT2D eigenvalue weighted by Gasteiger charge is 2.21. The van der Waals surface area contributed by atoms with Crippen LogP contribution in [0.5, 0.6) is 0 Å². The van der Waals surface area contributed by atoms with Crippen molar-refractivity contribution in [3.8, 4) is 0 Å². The second-order valence-corrected chi connectivity index (χ2v) is 5.07. The van der Waals surface area contributed by atoms with Crippen molar-refractivity contribution >= 4 is 6.03 Å². The van der Waals surface area contributed by atoms with Crippen LogP contribution in [0.2, 0.25) is 0 Å². The molecule has 0 saturated heterocycles. The highest BCUT2D eigenvalue weighted by atomic mass is 16.2. The molecule has 0 aromatic heterocycles. The average Bonchev–Trinajstić information content (AvgIpc) is 2.39. The van der Waals surface area contributed by atoms with Gasteiger partial charge in [0.15, 0.2) is 0 Å². The fourth-order valence-electron chi connectivity index (χ4n) is 2.43. The third-order valence-electron chi connectivity index (χ3n) is 3.66. The van der Waals surface area contributed by atoms with Gasteiger partial charge in [-0.25, -0.2) is 4.79 Å². The van der Waals surface area contributed by atoms with Gasteiger partial charge in [-0.05, 0) is 43.7 Å². The number of urea groups is 1. The van der Waals surface area contributed by atoms with Gasteiger partial charge >= 0.3 is 6.03 Å². The molecule has 0 aliphatic heterocycles. The molecule has 2 atom stereocenters. The highest BCUT2D eigenvalue weighted by Crippen LogP contribution is 2.29. The summed E-state index contributed by atoms with van der Waals surface area (Å²) in [7, 11) is 0. The van der Waals surface area contributed by atoms with Crippen molar-refractivity contribution in [1.29, 1.82) is 0 Å². The van der Waals surface area contributed by atoms with Gasteiger partial charge in [0, 0.05) is 6.04 Å². The van der Waals surface area contributed by atoms with Crippen LogP contribution in [-0.4, -0.2) is 12.1 Å². The molecule has 0 bridgehead atoms. The molecule has 3 heteroatoms. The van der Waals surface area contributed by atoms with Crippen LogP contribution in [0.4, 0.5) is 4.79 Å². The normalized spacial score (nSPS) is 19.8. The van der Waals surface area contributed by atoms with Crippen molar-refractivity contribution < 1.29 is 4.79 Å². The lowest BCUT2D eigenvalue weighted by atomic mass is 9.88. The van der Waals surface area contributed by atoms with E-state index in [1.54, 1.807) is 0 Å². The number of carbonyl (C=O) groups excluding carboxylic acids is 1. The molecular weight excluding hydrogens is 224 g/mol. The van der Waals surface area contributed by atoms with Crippen LogP contribution in [0.1, 0.15) is 50.3 Å². The summed E-state index contributed by atoms with van der Waals surface area (Å²) >= 11 is 0. The molecule has 1 aromatic carbocycles. The molecule has 1 aliphatic rings.